The van der Waals surface area contributed by atoms with Gasteiger partial charge in [0.1, 0.15) is 11.6 Å². The number of aryl methyl sites for hydroxylation is 1. The molecular weight excluding hydrogens is 272 g/mol. The molecule has 0 aliphatic carbocycles. The summed E-state index contributed by atoms with van der Waals surface area (Å²) < 4.78 is 0. The van der Waals surface area contributed by atoms with E-state index < -0.39 is 0 Å². The number of aromatic nitrogens is 2. The summed E-state index contributed by atoms with van der Waals surface area (Å²) in [4.78, 5) is 9.12. The van der Waals surface area contributed by atoms with E-state index in [1.54, 1.807) is 0 Å². The van der Waals surface area contributed by atoms with Crippen molar-refractivity contribution in [3.05, 3.63) is 40.4 Å². The lowest BCUT2D eigenvalue weighted by Crippen LogP contribution is -2.26. The first-order valence-corrected chi connectivity index (χ1v) is 8.16. The van der Waals surface area contributed by atoms with Crippen LogP contribution >= 0.6 is 0 Å². The molecule has 1 aromatic rings. The molecule has 0 unspecified atom stereocenters. The van der Waals surface area contributed by atoms with Crippen molar-refractivity contribution in [3.8, 4) is 0 Å². The predicted octanol–water partition coefficient (Wildman–Crippen LogP) is 3.54. The lowest BCUT2D eigenvalue weighted by molar-refractivity contribution is 0.621. The topological polar surface area (TPSA) is 49.8 Å². The van der Waals surface area contributed by atoms with Crippen molar-refractivity contribution in [3.63, 3.8) is 0 Å². The Kier molecular flexibility index (Phi) is 6.13. The Morgan fingerprint density at radius 1 is 1.23 bits per heavy atom. The summed E-state index contributed by atoms with van der Waals surface area (Å²) >= 11 is 0. The fourth-order valence-electron chi connectivity index (χ4n) is 2.64. The second-order valence-corrected chi connectivity index (χ2v) is 6.22. The van der Waals surface area contributed by atoms with E-state index in [4.69, 9.17) is 0 Å². The number of hydrogen-bond acceptors (Lipinski definition) is 4. The number of nitrogens with one attached hydrogen (secondary N) is 2. The van der Waals surface area contributed by atoms with Gasteiger partial charge in [0, 0.05) is 18.7 Å². The molecule has 1 aliphatic heterocycles. The van der Waals surface area contributed by atoms with Crippen LogP contribution < -0.4 is 10.6 Å². The van der Waals surface area contributed by atoms with Crippen LogP contribution in [0.1, 0.15) is 50.7 Å². The summed E-state index contributed by atoms with van der Waals surface area (Å²) in [5.74, 6) is 1.85. The molecule has 1 aromatic heterocycles. The molecule has 0 aromatic carbocycles. The van der Waals surface area contributed by atoms with E-state index in [0.29, 0.717) is 0 Å². The molecule has 2 N–H and O–H groups in total. The lowest BCUT2D eigenvalue weighted by atomic mass is 10.1. The first-order chi connectivity index (χ1) is 10.6. The Morgan fingerprint density at radius 3 is 2.82 bits per heavy atom. The van der Waals surface area contributed by atoms with Crippen LogP contribution in [0, 0.1) is 6.92 Å². The van der Waals surface area contributed by atoms with Gasteiger partial charge in [-0.05, 0) is 53.5 Å². The molecule has 0 atom stereocenters. The molecule has 4 nitrogen and oxygen atoms in total. The van der Waals surface area contributed by atoms with Gasteiger partial charge in [-0.2, -0.15) is 0 Å². The van der Waals surface area contributed by atoms with E-state index in [9.17, 15) is 0 Å². The van der Waals surface area contributed by atoms with E-state index in [0.717, 1.165) is 56.2 Å². The van der Waals surface area contributed by atoms with Crippen LogP contribution in [0.2, 0.25) is 0 Å². The third kappa shape index (κ3) is 4.95. The first kappa shape index (κ1) is 16.7. The normalized spacial score (nSPS) is 14.5. The maximum atomic E-state index is 4.58. The lowest BCUT2D eigenvalue weighted by Gasteiger charge is -2.19. The molecular formula is C18H28N4. The smallest absolute Gasteiger partial charge is 0.133 e. The Bertz CT molecular complexity index is 569. The van der Waals surface area contributed by atoms with Gasteiger partial charge < -0.3 is 10.6 Å². The van der Waals surface area contributed by atoms with Crippen molar-refractivity contribution >= 4 is 5.82 Å². The van der Waals surface area contributed by atoms with Gasteiger partial charge in [0.15, 0.2) is 0 Å². The molecule has 1 aliphatic rings. The fourth-order valence-corrected chi connectivity index (χ4v) is 2.64. The third-order valence-electron chi connectivity index (χ3n) is 3.86. The van der Waals surface area contributed by atoms with Gasteiger partial charge in [0.05, 0.1) is 5.69 Å². The fraction of sp³-hybridized carbons (Fsp3) is 0.556. The molecule has 0 saturated heterocycles. The Labute approximate surface area is 134 Å². The molecule has 22 heavy (non-hydrogen) atoms. The highest BCUT2D eigenvalue weighted by Crippen LogP contribution is 2.20. The van der Waals surface area contributed by atoms with Crippen molar-refractivity contribution < 1.29 is 0 Å². The maximum Gasteiger partial charge on any atom is 0.133 e. The maximum absolute atomic E-state index is 4.58. The first-order valence-electron chi connectivity index (χ1n) is 8.16. The molecule has 0 spiro atoms. The average Bonchev–Trinajstić information content (AvgIpc) is 2.46. The summed E-state index contributed by atoms with van der Waals surface area (Å²) in [6.45, 7) is 11.1. The predicted molar refractivity (Wildman–Crippen MR) is 93.1 cm³/mol. The van der Waals surface area contributed by atoms with Gasteiger partial charge in [-0.25, -0.2) is 9.97 Å². The largest absolute Gasteiger partial charge is 0.366 e. The Balaban J connectivity index is 1.94. The highest BCUT2D eigenvalue weighted by molar-refractivity contribution is 5.48. The highest BCUT2D eigenvalue weighted by Gasteiger charge is 2.15. The van der Waals surface area contributed by atoms with Crippen LogP contribution in [0.3, 0.4) is 0 Å². The van der Waals surface area contributed by atoms with Gasteiger partial charge in [-0.3, -0.25) is 0 Å². The molecule has 4 heteroatoms. The summed E-state index contributed by atoms with van der Waals surface area (Å²) in [5, 5.41) is 6.84. The van der Waals surface area contributed by atoms with Gasteiger partial charge in [0.25, 0.3) is 0 Å². The minimum absolute atomic E-state index is 0.830. The third-order valence-corrected chi connectivity index (χ3v) is 3.86. The van der Waals surface area contributed by atoms with Crippen molar-refractivity contribution in [1.82, 2.24) is 15.3 Å². The van der Waals surface area contributed by atoms with Gasteiger partial charge in [0.2, 0.25) is 0 Å². The van der Waals surface area contributed by atoms with Crippen LogP contribution in [0.25, 0.3) is 0 Å². The van der Waals surface area contributed by atoms with Gasteiger partial charge in [-0.1, -0.05) is 23.3 Å². The number of anilines is 1. The second-order valence-electron chi connectivity index (χ2n) is 6.22. The number of rotatable bonds is 6. The zero-order chi connectivity index (χ0) is 15.9. The minimum Gasteiger partial charge on any atom is -0.366 e. The van der Waals surface area contributed by atoms with Crippen LogP contribution in [-0.4, -0.2) is 23.1 Å². The van der Waals surface area contributed by atoms with E-state index in [1.807, 2.05) is 6.92 Å². The molecule has 0 amide bonds. The monoisotopic (exact) mass is 300 g/mol. The van der Waals surface area contributed by atoms with Crippen molar-refractivity contribution in [2.24, 2.45) is 0 Å². The molecule has 0 saturated carbocycles. The summed E-state index contributed by atoms with van der Waals surface area (Å²) in [6.07, 6.45) is 7.81. The van der Waals surface area contributed by atoms with E-state index in [-0.39, 0.29) is 0 Å². The van der Waals surface area contributed by atoms with Crippen molar-refractivity contribution in [1.29, 1.82) is 0 Å². The summed E-state index contributed by atoms with van der Waals surface area (Å²) in [5.41, 5.74) is 5.24. The van der Waals surface area contributed by atoms with E-state index >= 15 is 0 Å². The molecule has 2 heterocycles. The van der Waals surface area contributed by atoms with E-state index in [2.05, 4.69) is 53.5 Å². The SMILES string of the molecule is CC(C)=CCC/C(C)=C/CNc1nc(C)nc2c1CCNC2. The highest BCUT2D eigenvalue weighted by atomic mass is 15.0. The van der Waals surface area contributed by atoms with Crippen LogP contribution in [0.15, 0.2) is 23.3 Å². The number of fused-ring (bicyclic) bond motifs is 1. The number of hydrogen-bond donors (Lipinski definition) is 2. The van der Waals surface area contributed by atoms with Crippen LogP contribution in [0.4, 0.5) is 5.82 Å². The zero-order valence-corrected chi connectivity index (χ0v) is 14.3. The van der Waals surface area contributed by atoms with Crippen molar-refractivity contribution in [2.75, 3.05) is 18.4 Å². The minimum atomic E-state index is 0.830. The molecule has 2 rings (SSSR count). The van der Waals surface area contributed by atoms with Crippen LogP contribution in [0.5, 0.6) is 0 Å². The van der Waals surface area contributed by atoms with Gasteiger partial charge in [-0.15, -0.1) is 0 Å². The van der Waals surface area contributed by atoms with Crippen LogP contribution in [-0.2, 0) is 13.0 Å². The second kappa shape index (κ2) is 8.08. The molecule has 120 valence electrons. The Hall–Kier alpha value is -1.68. The van der Waals surface area contributed by atoms with Gasteiger partial charge >= 0.3 is 0 Å². The summed E-state index contributed by atoms with van der Waals surface area (Å²) in [7, 11) is 0. The standard InChI is InChI=1S/C18H28N4/c1-13(2)6-5-7-14(3)8-11-20-18-16-9-10-19-12-17(16)21-15(4)22-18/h6,8,19H,5,7,9-12H2,1-4H3,(H,20,21,22)/b14-8+. The number of nitrogens with zero attached hydrogens (tertiary/aromatic N) is 2. The molecule has 0 fully saturated rings. The zero-order valence-electron chi connectivity index (χ0n) is 14.3. The Morgan fingerprint density at radius 2 is 2.05 bits per heavy atom. The quantitative estimate of drug-likeness (QED) is 0.789. The molecule has 0 radical (unpaired) electrons. The summed E-state index contributed by atoms with van der Waals surface area (Å²) in [6, 6.07) is 0. The number of allylic oxidation sites excluding steroid dienone is 3. The van der Waals surface area contributed by atoms with Crippen molar-refractivity contribution in [2.45, 2.75) is 53.5 Å². The molecule has 0 bridgehead atoms. The van der Waals surface area contributed by atoms with E-state index in [1.165, 1.54) is 16.7 Å². The average molecular weight is 300 g/mol.